The highest BCUT2D eigenvalue weighted by atomic mass is 32.2. The molecule has 0 radical (unpaired) electrons. The number of aromatic nitrogens is 2. The molecule has 3 rings (SSSR count). The highest BCUT2D eigenvalue weighted by Crippen LogP contribution is 2.35. The summed E-state index contributed by atoms with van der Waals surface area (Å²) < 4.78 is 1.49. The van der Waals surface area contributed by atoms with E-state index in [1.54, 1.807) is 18.4 Å². The van der Waals surface area contributed by atoms with Gasteiger partial charge in [-0.05, 0) is 45.6 Å². The van der Waals surface area contributed by atoms with Crippen molar-refractivity contribution in [1.82, 2.24) is 20.2 Å². The molecule has 0 unspecified atom stereocenters. The van der Waals surface area contributed by atoms with Gasteiger partial charge in [-0.15, -0.1) is 11.3 Å². The van der Waals surface area contributed by atoms with Gasteiger partial charge in [0.2, 0.25) is 5.91 Å². The van der Waals surface area contributed by atoms with Crippen molar-refractivity contribution in [3.8, 4) is 0 Å². The second kappa shape index (κ2) is 7.03. The number of carbonyl (C=O) groups is 2. The summed E-state index contributed by atoms with van der Waals surface area (Å²) >= 11 is 2.72. The highest BCUT2D eigenvalue weighted by Gasteiger charge is 2.23. The van der Waals surface area contributed by atoms with Crippen molar-refractivity contribution < 1.29 is 9.59 Å². The minimum absolute atomic E-state index is 0.00837. The third-order valence-electron chi connectivity index (χ3n) is 3.98. The molecule has 0 spiro atoms. The monoisotopic (exact) mass is 394 g/mol. The Morgan fingerprint density at radius 3 is 2.73 bits per heavy atom. The van der Waals surface area contributed by atoms with Gasteiger partial charge in [0.15, 0.2) is 5.16 Å². The Bertz CT molecular complexity index is 940. The zero-order valence-electron chi connectivity index (χ0n) is 15.3. The summed E-state index contributed by atoms with van der Waals surface area (Å²) in [5.41, 5.74) is 0.655. The Kier molecular flexibility index (Phi) is 5.12. The average Bonchev–Trinajstić information content (AvgIpc) is 3.07. The molecule has 0 aromatic carbocycles. The van der Waals surface area contributed by atoms with Gasteiger partial charge >= 0.3 is 6.03 Å². The molecule has 9 heteroatoms. The molecule has 2 heterocycles. The Morgan fingerprint density at radius 1 is 1.31 bits per heavy atom. The molecule has 7 nitrogen and oxygen atoms in total. The van der Waals surface area contributed by atoms with Crippen molar-refractivity contribution in [2.75, 3.05) is 5.75 Å². The van der Waals surface area contributed by atoms with Crippen LogP contribution in [0.5, 0.6) is 0 Å². The van der Waals surface area contributed by atoms with Crippen molar-refractivity contribution >= 4 is 45.3 Å². The maximum Gasteiger partial charge on any atom is 0.321 e. The first-order valence-electron chi connectivity index (χ1n) is 8.42. The maximum absolute atomic E-state index is 12.7. The third-order valence-corrected chi connectivity index (χ3v) is 6.19. The lowest BCUT2D eigenvalue weighted by atomic mass is 10.1. The van der Waals surface area contributed by atoms with Crippen molar-refractivity contribution in [1.29, 1.82) is 0 Å². The molecule has 2 aromatic heterocycles. The van der Waals surface area contributed by atoms with E-state index in [4.69, 9.17) is 0 Å². The molecule has 2 aromatic rings. The van der Waals surface area contributed by atoms with Crippen LogP contribution in [0, 0.1) is 0 Å². The number of aryl methyl sites for hydroxylation is 2. The van der Waals surface area contributed by atoms with E-state index in [1.807, 2.05) is 20.8 Å². The maximum atomic E-state index is 12.7. The first-order chi connectivity index (χ1) is 12.2. The number of urea groups is 1. The number of hydrogen-bond donors (Lipinski definition) is 2. The number of fused-ring (bicyclic) bond motifs is 3. The van der Waals surface area contributed by atoms with Gasteiger partial charge in [0.25, 0.3) is 5.56 Å². The standard InChI is InChI=1S/C17H22N4O3S2/c1-17(2,3)20-15(24)18-11(22)8-25-16-19-13-12(14(23)21(16)4)9-6-5-7-10(9)26-13/h5-8H2,1-4H3,(H2,18,20,22,24). The van der Waals surface area contributed by atoms with Crippen LogP contribution in [0.25, 0.3) is 10.2 Å². The first-order valence-corrected chi connectivity index (χ1v) is 10.2. The largest absolute Gasteiger partial charge is 0.333 e. The molecule has 0 bridgehead atoms. The van der Waals surface area contributed by atoms with E-state index in [9.17, 15) is 14.4 Å². The van der Waals surface area contributed by atoms with Crippen LogP contribution in [-0.2, 0) is 24.7 Å². The Labute approximate surface area is 159 Å². The smallest absolute Gasteiger partial charge is 0.321 e. The number of amides is 3. The molecule has 0 atom stereocenters. The number of carbonyl (C=O) groups excluding carboxylic acids is 2. The molecule has 1 aliphatic carbocycles. The van der Waals surface area contributed by atoms with Gasteiger partial charge in [-0.2, -0.15) is 0 Å². The molecule has 1 aliphatic rings. The van der Waals surface area contributed by atoms with Crippen LogP contribution in [-0.4, -0.2) is 32.8 Å². The number of thiophene rings is 1. The molecule has 26 heavy (non-hydrogen) atoms. The van der Waals surface area contributed by atoms with Crippen LogP contribution >= 0.6 is 23.1 Å². The summed E-state index contributed by atoms with van der Waals surface area (Å²) in [6.07, 6.45) is 3.03. The lowest BCUT2D eigenvalue weighted by Crippen LogP contribution is -2.48. The zero-order chi connectivity index (χ0) is 19.1. The number of hydrogen-bond acceptors (Lipinski definition) is 6. The molecular weight excluding hydrogens is 372 g/mol. The van der Waals surface area contributed by atoms with Gasteiger partial charge in [0, 0.05) is 17.5 Å². The van der Waals surface area contributed by atoms with Gasteiger partial charge in [-0.1, -0.05) is 11.8 Å². The Morgan fingerprint density at radius 2 is 2.04 bits per heavy atom. The fraction of sp³-hybridized carbons (Fsp3) is 0.529. The van der Waals surface area contributed by atoms with E-state index in [-0.39, 0.29) is 11.3 Å². The summed E-state index contributed by atoms with van der Waals surface area (Å²) in [4.78, 5) is 43.0. The van der Waals surface area contributed by atoms with Crippen LogP contribution in [0.15, 0.2) is 9.95 Å². The van der Waals surface area contributed by atoms with E-state index in [1.165, 1.54) is 9.44 Å². The Balaban J connectivity index is 1.72. The van der Waals surface area contributed by atoms with Crippen molar-refractivity contribution in [2.24, 2.45) is 7.05 Å². The zero-order valence-corrected chi connectivity index (χ0v) is 16.9. The predicted molar refractivity (Wildman–Crippen MR) is 104 cm³/mol. The number of rotatable bonds is 3. The third kappa shape index (κ3) is 3.93. The van der Waals surface area contributed by atoms with Crippen LogP contribution in [0.4, 0.5) is 4.79 Å². The quantitative estimate of drug-likeness (QED) is 0.615. The van der Waals surface area contributed by atoms with Crippen molar-refractivity contribution in [3.63, 3.8) is 0 Å². The number of imide groups is 1. The van der Waals surface area contributed by atoms with Gasteiger partial charge in [0.1, 0.15) is 4.83 Å². The molecule has 0 aliphatic heterocycles. The lowest BCUT2D eigenvalue weighted by Gasteiger charge is -2.20. The summed E-state index contributed by atoms with van der Waals surface area (Å²) in [6, 6.07) is -0.532. The van der Waals surface area contributed by atoms with E-state index in [2.05, 4.69) is 15.6 Å². The van der Waals surface area contributed by atoms with E-state index in [0.29, 0.717) is 5.16 Å². The molecular formula is C17H22N4O3S2. The van der Waals surface area contributed by atoms with Crippen LogP contribution in [0.1, 0.15) is 37.6 Å². The summed E-state index contributed by atoms with van der Waals surface area (Å²) in [5, 5.41) is 6.16. The van der Waals surface area contributed by atoms with Gasteiger partial charge in [-0.25, -0.2) is 9.78 Å². The molecule has 0 saturated carbocycles. The van der Waals surface area contributed by atoms with E-state index < -0.39 is 17.5 Å². The first kappa shape index (κ1) is 18.9. The van der Waals surface area contributed by atoms with Gasteiger partial charge in [0.05, 0.1) is 11.1 Å². The normalized spacial score (nSPS) is 13.7. The summed E-state index contributed by atoms with van der Waals surface area (Å²) in [6.45, 7) is 5.50. The van der Waals surface area contributed by atoms with Gasteiger partial charge < -0.3 is 5.32 Å². The highest BCUT2D eigenvalue weighted by molar-refractivity contribution is 7.99. The topological polar surface area (TPSA) is 93.1 Å². The molecule has 0 fully saturated rings. The van der Waals surface area contributed by atoms with Crippen molar-refractivity contribution in [2.45, 2.75) is 50.7 Å². The average molecular weight is 395 g/mol. The van der Waals surface area contributed by atoms with Crippen LogP contribution < -0.4 is 16.2 Å². The Hall–Kier alpha value is -1.87. The number of thioether (sulfide) groups is 1. The van der Waals surface area contributed by atoms with E-state index >= 15 is 0 Å². The molecule has 2 N–H and O–H groups in total. The van der Waals surface area contributed by atoms with E-state index in [0.717, 1.165) is 46.8 Å². The SMILES string of the molecule is Cn1c(SCC(=O)NC(=O)NC(C)(C)C)nc2sc3c(c2c1=O)CCC3. The van der Waals surface area contributed by atoms with Gasteiger partial charge in [-0.3, -0.25) is 19.5 Å². The lowest BCUT2D eigenvalue weighted by molar-refractivity contribution is -0.117. The van der Waals surface area contributed by atoms with Crippen molar-refractivity contribution in [3.05, 3.63) is 20.8 Å². The second-order valence-electron chi connectivity index (χ2n) is 7.34. The van der Waals surface area contributed by atoms with Crippen LogP contribution in [0.2, 0.25) is 0 Å². The van der Waals surface area contributed by atoms with Crippen LogP contribution in [0.3, 0.4) is 0 Å². The summed E-state index contributed by atoms with van der Waals surface area (Å²) in [5.74, 6) is -0.422. The number of nitrogens with one attached hydrogen (secondary N) is 2. The minimum Gasteiger partial charge on any atom is -0.333 e. The fourth-order valence-electron chi connectivity index (χ4n) is 2.90. The molecule has 0 saturated heterocycles. The molecule has 3 amide bonds. The molecule has 140 valence electrons. The predicted octanol–water partition coefficient (Wildman–Crippen LogP) is 2.20. The second-order valence-corrected chi connectivity index (χ2v) is 9.36. The number of nitrogens with zero attached hydrogens (tertiary/aromatic N) is 2. The summed E-state index contributed by atoms with van der Waals surface area (Å²) in [7, 11) is 1.67. The fourth-order valence-corrected chi connectivity index (χ4v) is 4.97. The minimum atomic E-state index is -0.532.